The van der Waals surface area contributed by atoms with E-state index in [9.17, 15) is 9.90 Å². The first-order valence-corrected chi connectivity index (χ1v) is 11.6. The number of urea groups is 1. The number of amides is 2. The third-order valence-electron chi connectivity index (χ3n) is 5.02. The summed E-state index contributed by atoms with van der Waals surface area (Å²) in [5, 5.41) is 14.7. The number of hydrogen-bond donors (Lipinski definition) is 3. The molecule has 0 saturated carbocycles. The third-order valence-corrected chi connectivity index (χ3v) is 5.02. The van der Waals surface area contributed by atoms with Gasteiger partial charge in [0, 0.05) is 25.4 Å². The number of unbranched alkanes of at least 4 members (excludes halogenated alkanes) is 11. The van der Waals surface area contributed by atoms with Gasteiger partial charge in [-0.3, -0.25) is 0 Å². The number of nitrogens with one attached hydrogen (secondary N) is 2. The van der Waals surface area contributed by atoms with E-state index < -0.39 is 0 Å². The third kappa shape index (κ3) is 15.8. The smallest absolute Gasteiger partial charge is 0.319 e. The van der Waals surface area contributed by atoms with E-state index >= 15 is 0 Å². The molecular formula is C24H42N2O3. The van der Waals surface area contributed by atoms with Crippen LogP contribution in [0.1, 0.15) is 90.4 Å². The fourth-order valence-corrected chi connectivity index (χ4v) is 3.24. The van der Waals surface area contributed by atoms with Crippen molar-refractivity contribution in [3.05, 3.63) is 24.3 Å². The highest BCUT2D eigenvalue weighted by atomic mass is 16.5. The number of aromatic hydroxyl groups is 1. The van der Waals surface area contributed by atoms with Gasteiger partial charge in [0.15, 0.2) is 0 Å². The Morgan fingerprint density at radius 3 is 1.90 bits per heavy atom. The number of hydrogen-bond acceptors (Lipinski definition) is 3. The minimum absolute atomic E-state index is 0.182. The van der Waals surface area contributed by atoms with E-state index in [1.165, 1.54) is 70.6 Å². The molecule has 1 aromatic rings. The Hall–Kier alpha value is -1.75. The van der Waals surface area contributed by atoms with E-state index in [0.29, 0.717) is 18.8 Å². The first-order chi connectivity index (χ1) is 14.2. The number of phenolic OH excluding ortho intramolecular Hbond substituents is 1. The lowest BCUT2D eigenvalue weighted by molar-refractivity contribution is 0.128. The molecule has 0 aliphatic carbocycles. The van der Waals surface area contributed by atoms with Crippen molar-refractivity contribution in [1.29, 1.82) is 0 Å². The fraction of sp³-hybridized carbons (Fsp3) is 0.708. The Morgan fingerprint density at radius 2 is 1.31 bits per heavy atom. The first-order valence-electron chi connectivity index (χ1n) is 11.6. The van der Waals surface area contributed by atoms with Crippen LogP contribution in [0.2, 0.25) is 0 Å². The zero-order valence-corrected chi connectivity index (χ0v) is 18.4. The lowest BCUT2D eigenvalue weighted by Gasteiger charge is -2.08. The van der Waals surface area contributed by atoms with Gasteiger partial charge in [-0.25, -0.2) is 4.79 Å². The Morgan fingerprint density at radius 1 is 0.793 bits per heavy atom. The second kappa shape index (κ2) is 18.3. The molecule has 5 nitrogen and oxygen atoms in total. The van der Waals surface area contributed by atoms with Gasteiger partial charge < -0.3 is 20.5 Å². The van der Waals surface area contributed by atoms with Crippen molar-refractivity contribution < 1.29 is 14.6 Å². The summed E-state index contributed by atoms with van der Waals surface area (Å²) < 4.78 is 5.64. The van der Waals surface area contributed by atoms with Crippen LogP contribution >= 0.6 is 0 Å². The second-order valence-electron chi connectivity index (χ2n) is 7.78. The lowest BCUT2D eigenvalue weighted by atomic mass is 10.1. The Labute approximate surface area is 177 Å². The van der Waals surface area contributed by atoms with Crippen LogP contribution in [0.4, 0.5) is 10.5 Å². The van der Waals surface area contributed by atoms with Gasteiger partial charge in [-0.15, -0.1) is 0 Å². The molecule has 0 aliphatic heterocycles. The maximum atomic E-state index is 11.7. The molecule has 1 aromatic carbocycles. The molecule has 2 amide bonds. The predicted molar refractivity (Wildman–Crippen MR) is 122 cm³/mol. The van der Waals surface area contributed by atoms with Gasteiger partial charge in [0.1, 0.15) is 5.75 Å². The van der Waals surface area contributed by atoms with Gasteiger partial charge in [0.2, 0.25) is 0 Å². The molecule has 0 heterocycles. The number of phenols is 1. The van der Waals surface area contributed by atoms with Crippen molar-refractivity contribution >= 4 is 11.7 Å². The lowest BCUT2D eigenvalue weighted by Crippen LogP contribution is -2.30. The molecule has 3 N–H and O–H groups in total. The monoisotopic (exact) mass is 406 g/mol. The van der Waals surface area contributed by atoms with E-state index in [-0.39, 0.29) is 11.8 Å². The van der Waals surface area contributed by atoms with Gasteiger partial charge in [-0.1, -0.05) is 77.6 Å². The standard InChI is InChI=1S/C24H42N2O3/c1-2-3-4-5-6-7-8-9-10-11-12-13-20-29-21-14-19-25-24(28)26-22-15-17-23(27)18-16-22/h15-18,27H,2-14,19-21H2,1H3,(H2,25,26,28). The summed E-state index contributed by atoms with van der Waals surface area (Å²) in [6.07, 6.45) is 17.0. The quantitative estimate of drug-likeness (QED) is 0.189. The van der Waals surface area contributed by atoms with Crippen molar-refractivity contribution in [1.82, 2.24) is 5.32 Å². The van der Waals surface area contributed by atoms with E-state index in [0.717, 1.165) is 19.4 Å². The zero-order chi connectivity index (χ0) is 21.0. The largest absolute Gasteiger partial charge is 0.508 e. The average Bonchev–Trinajstić information content (AvgIpc) is 2.72. The minimum atomic E-state index is -0.239. The van der Waals surface area contributed by atoms with Crippen LogP contribution < -0.4 is 10.6 Å². The number of rotatable bonds is 18. The predicted octanol–water partition coefficient (Wildman–Crippen LogP) is 6.62. The maximum Gasteiger partial charge on any atom is 0.319 e. The van der Waals surface area contributed by atoms with Gasteiger partial charge >= 0.3 is 6.03 Å². The van der Waals surface area contributed by atoms with E-state index in [1.54, 1.807) is 24.3 Å². The molecule has 0 unspecified atom stereocenters. The summed E-state index contributed by atoms with van der Waals surface area (Å²) in [5.41, 5.74) is 0.656. The Balaban J connectivity index is 1.77. The van der Waals surface area contributed by atoms with Crippen molar-refractivity contribution in [3.63, 3.8) is 0 Å². The van der Waals surface area contributed by atoms with Crippen LogP contribution in [0.3, 0.4) is 0 Å². The van der Waals surface area contributed by atoms with Crippen LogP contribution in [-0.2, 0) is 4.74 Å². The van der Waals surface area contributed by atoms with Crippen LogP contribution in [0, 0.1) is 0 Å². The molecule has 0 atom stereocenters. The number of benzene rings is 1. The van der Waals surface area contributed by atoms with Crippen molar-refractivity contribution in [2.75, 3.05) is 25.1 Å². The van der Waals surface area contributed by atoms with Crippen molar-refractivity contribution in [2.24, 2.45) is 0 Å². The number of carbonyl (C=O) groups is 1. The fourth-order valence-electron chi connectivity index (χ4n) is 3.24. The summed E-state index contributed by atoms with van der Waals surface area (Å²) >= 11 is 0. The van der Waals surface area contributed by atoms with Gasteiger partial charge in [0.05, 0.1) is 0 Å². The highest BCUT2D eigenvalue weighted by molar-refractivity contribution is 5.89. The van der Waals surface area contributed by atoms with Gasteiger partial charge in [-0.2, -0.15) is 0 Å². The van der Waals surface area contributed by atoms with Crippen LogP contribution in [0.5, 0.6) is 5.75 Å². The number of ether oxygens (including phenoxy) is 1. The normalized spacial score (nSPS) is 10.8. The van der Waals surface area contributed by atoms with E-state index in [2.05, 4.69) is 17.6 Å². The summed E-state index contributed by atoms with van der Waals surface area (Å²) in [6, 6.07) is 6.16. The van der Waals surface area contributed by atoms with Crippen LogP contribution in [0.25, 0.3) is 0 Å². The van der Waals surface area contributed by atoms with Crippen LogP contribution in [0.15, 0.2) is 24.3 Å². The summed E-state index contributed by atoms with van der Waals surface area (Å²) in [4.78, 5) is 11.7. The molecule has 0 aliphatic rings. The molecule has 0 fully saturated rings. The topological polar surface area (TPSA) is 70.6 Å². The molecule has 166 valence electrons. The highest BCUT2D eigenvalue weighted by Gasteiger charge is 2.01. The maximum absolute atomic E-state index is 11.7. The Bertz CT molecular complexity index is 505. The van der Waals surface area contributed by atoms with E-state index in [1.807, 2.05) is 0 Å². The van der Waals surface area contributed by atoms with Gasteiger partial charge in [0.25, 0.3) is 0 Å². The SMILES string of the molecule is CCCCCCCCCCCCCCOCCCNC(=O)Nc1ccc(O)cc1. The summed E-state index contributed by atoms with van der Waals surface area (Å²) in [7, 11) is 0. The molecule has 5 heteroatoms. The summed E-state index contributed by atoms with van der Waals surface area (Å²) in [6.45, 7) is 4.35. The van der Waals surface area contributed by atoms with Crippen molar-refractivity contribution in [3.8, 4) is 5.75 Å². The number of anilines is 1. The average molecular weight is 407 g/mol. The Kier molecular flexibility index (Phi) is 15.9. The zero-order valence-electron chi connectivity index (χ0n) is 18.4. The number of carbonyl (C=O) groups excluding carboxylic acids is 1. The molecule has 0 saturated heterocycles. The van der Waals surface area contributed by atoms with Gasteiger partial charge in [-0.05, 0) is 37.1 Å². The molecule has 0 bridgehead atoms. The molecule has 1 rings (SSSR count). The molecule has 29 heavy (non-hydrogen) atoms. The minimum Gasteiger partial charge on any atom is -0.508 e. The molecule has 0 radical (unpaired) electrons. The first kappa shape index (κ1) is 25.3. The summed E-state index contributed by atoms with van der Waals surface area (Å²) in [5.74, 6) is 0.182. The molecule has 0 spiro atoms. The van der Waals surface area contributed by atoms with Crippen molar-refractivity contribution in [2.45, 2.75) is 90.4 Å². The highest BCUT2D eigenvalue weighted by Crippen LogP contribution is 2.13. The molecule has 0 aromatic heterocycles. The molecular weight excluding hydrogens is 364 g/mol. The second-order valence-corrected chi connectivity index (χ2v) is 7.78. The van der Waals surface area contributed by atoms with E-state index in [4.69, 9.17) is 4.74 Å². The van der Waals surface area contributed by atoms with Crippen LogP contribution in [-0.4, -0.2) is 30.9 Å².